The van der Waals surface area contributed by atoms with Crippen molar-refractivity contribution in [2.24, 2.45) is 0 Å². The second-order valence-corrected chi connectivity index (χ2v) is 7.17. The molecule has 23 heavy (non-hydrogen) atoms. The van der Waals surface area contributed by atoms with E-state index in [1.807, 2.05) is 32.0 Å². The van der Waals surface area contributed by atoms with Crippen LogP contribution in [0.15, 0.2) is 40.3 Å². The summed E-state index contributed by atoms with van der Waals surface area (Å²) in [6, 6.07) is 5.73. The largest absolute Gasteiger partial charge is 0.340 e. The first-order valence-corrected chi connectivity index (χ1v) is 8.65. The lowest BCUT2D eigenvalue weighted by Gasteiger charge is -2.12. The highest BCUT2D eigenvalue weighted by molar-refractivity contribution is 7.90. The number of benzene rings is 1. The fourth-order valence-electron chi connectivity index (χ4n) is 2.33. The van der Waals surface area contributed by atoms with Gasteiger partial charge in [0.2, 0.25) is 20.9 Å². The van der Waals surface area contributed by atoms with Crippen molar-refractivity contribution in [1.82, 2.24) is 19.7 Å². The standard InChI is InChI=1S/C15H16N4O3S/c1-10-5-4-6-13(11(10)2)19-8-7-16-15(19)23(20,21)9-14-17-12(3)22-18-14/h4-8H,9H2,1-3H3. The molecule has 3 aromatic rings. The van der Waals surface area contributed by atoms with Gasteiger partial charge in [0.25, 0.3) is 0 Å². The summed E-state index contributed by atoms with van der Waals surface area (Å²) in [5.41, 5.74) is 2.86. The SMILES string of the molecule is Cc1nc(CS(=O)(=O)c2nccn2-c2cccc(C)c2C)no1. The highest BCUT2D eigenvalue weighted by atomic mass is 32.2. The first kappa shape index (κ1) is 15.4. The molecule has 0 radical (unpaired) electrons. The zero-order valence-electron chi connectivity index (χ0n) is 13.0. The summed E-state index contributed by atoms with van der Waals surface area (Å²) in [6.07, 6.45) is 3.10. The zero-order chi connectivity index (χ0) is 16.6. The third kappa shape index (κ3) is 2.89. The van der Waals surface area contributed by atoms with Gasteiger partial charge in [-0.3, -0.25) is 4.57 Å². The normalized spacial score (nSPS) is 11.8. The van der Waals surface area contributed by atoms with Crippen molar-refractivity contribution in [2.45, 2.75) is 31.7 Å². The Balaban J connectivity index is 2.05. The van der Waals surface area contributed by atoms with Crippen molar-refractivity contribution in [3.63, 3.8) is 0 Å². The number of hydrogen-bond donors (Lipinski definition) is 0. The molecule has 0 aliphatic carbocycles. The van der Waals surface area contributed by atoms with Crippen LogP contribution in [0.25, 0.3) is 5.69 Å². The van der Waals surface area contributed by atoms with Gasteiger partial charge in [-0.15, -0.1) is 0 Å². The molecule has 0 aliphatic rings. The van der Waals surface area contributed by atoms with E-state index in [1.54, 1.807) is 17.7 Å². The van der Waals surface area contributed by atoms with Crippen LogP contribution in [0.1, 0.15) is 22.8 Å². The molecule has 0 amide bonds. The molecular weight excluding hydrogens is 316 g/mol. The molecule has 0 saturated heterocycles. The molecule has 0 spiro atoms. The van der Waals surface area contributed by atoms with Crippen molar-refractivity contribution in [2.75, 3.05) is 0 Å². The minimum Gasteiger partial charge on any atom is -0.340 e. The fraction of sp³-hybridized carbons (Fsp3) is 0.267. The summed E-state index contributed by atoms with van der Waals surface area (Å²) in [4.78, 5) is 7.97. The van der Waals surface area contributed by atoms with Crippen LogP contribution in [0.2, 0.25) is 0 Å². The summed E-state index contributed by atoms with van der Waals surface area (Å²) < 4.78 is 31.7. The van der Waals surface area contributed by atoms with E-state index >= 15 is 0 Å². The van der Waals surface area contributed by atoms with Gasteiger partial charge in [0.1, 0.15) is 5.75 Å². The molecule has 8 heteroatoms. The average Bonchev–Trinajstić information content (AvgIpc) is 3.11. The van der Waals surface area contributed by atoms with E-state index in [2.05, 4.69) is 15.1 Å². The van der Waals surface area contributed by atoms with Crippen LogP contribution in [0.3, 0.4) is 0 Å². The van der Waals surface area contributed by atoms with Crippen LogP contribution in [0.5, 0.6) is 0 Å². The fourth-order valence-corrected chi connectivity index (χ4v) is 3.60. The van der Waals surface area contributed by atoms with Crippen molar-refractivity contribution in [3.8, 4) is 5.69 Å². The van der Waals surface area contributed by atoms with E-state index in [9.17, 15) is 8.42 Å². The molecule has 0 aliphatic heterocycles. The van der Waals surface area contributed by atoms with Gasteiger partial charge in [0, 0.05) is 19.3 Å². The summed E-state index contributed by atoms with van der Waals surface area (Å²) in [7, 11) is -3.70. The number of aromatic nitrogens is 4. The number of sulfone groups is 1. The first-order valence-electron chi connectivity index (χ1n) is 7.00. The Morgan fingerprint density at radius 1 is 1.22 bits per heavy atom. The van der Waals surface area contributed by atoms with Gasteiger partial charge in [0.05, 0.1) is 5.69 Å². The molecule has 1 aromatic carbocycles. The molecular formula is C15H16N4O3S. The lowest BCUT2D eigenvalue weighted by atomic mass is 10.1. The van der Waals surface area contributed by atoms with Gasteiger partial charge in [-0.25, -0.2) is 13.4 Å². The predicted octanol–water partition coefficient (Wildman–Crippen LogP) is 2.15. The molecule has 0 bridgehead atoms. The predicted molar refractivity (Wildman–Crippen MR) is 83.0 cm³/mol. The lowest BCUT2D eigenvalue weighted by molar-refractivity contribution is 0.388. The zero-order valence-corrected chi connectivity index (χ0v) is 13.8. The maximum atomic E-state index is 12.7. The molecule has 120 valence electrons. The quantitative estimate of drug-likeness (QED) is 0.727. The first-order chi connectivity index (χ1) is 10.9. The summed E-state index contributed by atoms with van der Waals surface area (Å²) in [5, 5.41) is 3.61. The molecule has 0 fully saturated rings. The number of nitrogens with zero attached hydrogens (tertiary/aromatic N) is 4. The van der Waals surface area contributed by atoms with E-state index in [4.69, 9.17) is 4.52 Å². The Labute approximate surface area is 133 Å². The average molecular weight is 332 g/mol. The highest BCUT2D eigenvalue weighted by Crippen LogP contribution is 2.22. The Bertz CT molecular complexity index is 957. The van der Waals surface area contributed by atoms with Crippen LogP contribution in [-0.4, -0.2) is 28.1 Å². The summed E-state index contributed by atoms with van der Waals surface area (Å²) in [5.74, 6) is 0.0951. The number of rotatable bonds is 4. The smallest absolute Gasteiger partial charge is 0.232 e. The molecule has 0 atom stereocenters. The van der Waals surface area contributed by atoms with E-state index in [1.165, 1.54) is 6.20 Å². The second-order valence-electron chi connectivity index (χ2n) is 5.29. The van der Waals surface area contributed by atoms with Gasteiger partial charge in [-0.05, 0) is 31.0 Å². The van der Waals surface area contributed by atoms with Crippen LogP contribution < -0.4 is 0 Å². The van der Waals surface area contributed by atoms with Crippen molar-refractivity contribution in [3.05, 3.63) is 53.4 Å². The third-order valence-corrected chi connectivity index (χ3v) is 5.11. The Morgan fingerprint density at radius 2 is 2.00 bits per heavy atom. The lowest BCUT2D eigenvalue weighted by Crippen LogP contribution is -2.13. The van der Waals surface area contributed by atoms with E-state index in [0.29, 0.717) is 5.89 Å². The van der Waals surface area contributed by atoms with Crippen molar-refractivity contribution < 1.29 is 12.9 Å². The van der Waals surface area contributed by atoms with Crippen molar-refractivity contribution >= 4 is 9.84 Å². The molecule has 0 N–H and O–H groups in total. The highest BCUT2D eigenvalue weighted by Gasteiger charge is 2.25. The van der Waals surface area contributed by atoms with E-state index in [0.717, 1.165) is 16.8 Å². The van der Waals surface area contributed by atoms with Gasteiger partial charge < -0.3 is 4.52 Å². The molecule has 0 unspecified atom stereocenters. The van der Waals surface area contributed by atoms with Crippen LogP contribution in [0.4, 0.5) is 0 Å². The maximum Gasteiger partial charge on any atom is 0.232 e. The topological polar surface area (TPSA) is 90.9 Å². The molecule has 2 aromatic heterocycles. The number of hydrogen-bond acceptors (Lipinski definition) is 6. The minimum absolute atomic E-state index is 0.0337. The van der Waals surface area contributed by atoms with Crippen LogP contribution in [-0.2, 0) is 15.6 Å². The third-order valence-electron chi connectivity index (χ3n) is 3.61. The van der Waals surface area contributed by atoms with Crippen LogP contribution in [0, 0.1) is 20.8 Å². The van der Waals surface area contributed by atoms with Gasteiger partial charge in [0.15, 0.2) is 5.82 Å². The number of aryl methyl sites for hydroxylation is 2. The van der Waals surface area contributed by atoms with E-state index < -0.39 is 9.84 Å². The Hall–Kier alpha value is -2.48. The monoisotopic (exact) mass is 332 g/mol. The Kier molecular flexibility index (Phi) is 3.77. The summed E-state index contributed by atoms with van der Waals surface area (Å²) >= 11 is 0. The second kappa shape index (κ2) is 5.62. The van der Waals surface area contributed by atoms with Gasteiger partial charge in [-0.2, -0.15) is 4.98 Å². The van der Waals surface area contributed by atoms with Gasteiger partial charge in [-0.1, -0.05) is 17.3 Å². The van der Waals surface area contributed by atoms with E-state index in [-0.39, 0.29) is 16.7 Å². The molecule has 0 saturated carbocycles. The number of imidazole rings is 1. The Morgan fingerprint density at radius 3 is 2.70 bits per heavy atom. The van der Waals surface area contributed by atoms with Crippen LogP contribution >= 0.6 is 0 Å². The molecule has 3 rings (SSSR count). The molecule has 2 heterocycles. The molecule has 7 nitrogen and oxygen atoms in total. The van der Waals surface area contributed by atoms with Crippen molar-refractivity contribution in [1.29, 1.82) is 0 Å². The summed E-state index contributed by atoms with van der Waals surface area (Å²) in [6.45, 7) is 5.54. The van der Waals surface area contributed by atoms with Gasteiger partial charge >= 0.3 is 0 Å². The maximum absolute atomic E-state index is 12.7. The minimum atomic E-state index is -3.70.